The number of carbonyl (C=O) groups excluding carboxylic acids is 4. The van der Waals surface area contributed by atoms with Crippen LogP contribution in [0.25, 0.3) is 0 Å². The highest BCUT2D eigenvalue weighted by Crippen LogP contribution is 2.68. The average molecular weight is 594 g/mol. The number of Topliss-reactive ketones (excluding diaryl/α,β-unsaturated/α-hetero) is 3. The van der Waals surface area contributed by atoms with Crippen molar-refractivity contribution in [3.63, 3.8) is 0 Å². The molecule has 10 nitrogen and oxygen atoms in total. The van der Waals surface area contributed by atoms with E-state index in [1.54, 1.807) is 57.2 Å². The molecular formula is C33H39NO9. The van der Waals surface area contributed by atoms with Gasteiger partial charge < -0.3 is 31.3 Å². The van der Waals surface area contributed by atoms with Gasteiger partial charge in [0, 0.05) is 16.4 Å². The van der Waals surface area contributed by atoms with Gasteiger partial charge in [-0.25, -0.2) is 0 Å². The average Bonchev–Trinajstić information content (AvgIpc) is 2.92. The molecule has 0 aliphatic heterocycles. The number of rotatable bonds is 5. The van der Waals surface area contributed by atoms with E-state index in [2.05, 4.69) is 0 Å². The Morgan fingerprint density at radius 3 is 2.23 bits per heavy atom. The molecule has 0 spiro atoms. The first-order valence-corrected chi connectivity index (χ1v) is 14.5. The van der Waals surface area contributed by atoms with Crippen LogP contribution in [0.3, 0.4) is 0 Å². The summed E-state index contributed by atoms with van der Waals surface area (Å²) in [6.45, 7) is 7.84. The molecule has 1 amide bonds. The van der Waals surface area contributed by atoms with E-state index in [-0.39, 0.29) is 23.5 Å². The first kappa shape index (κ1) is 31.0. The van der Waals surface area contributed by atoms with Crippen LogP contribution >= 0.6 is 0 Å². The minimum atomic E-state index is -2.86. The number of primary amides is 1. The van der Waals surface area contributed by atoms with Crippen molar-refractivity contribution in [2.75, 3.05) is 0 Å². The molecule has 43 heavy (non-hydrogen) atoms. The Morgan fingerprint density at radius 1 is 1.02 bits per heavy atom. The van der Waals surface area contributed by atoms with Crippen LogP contribution in [-0.2, 0) is 16.0 Å². The summed E-state index contributed by atoms with van der Waals surface area (Å²) in [5.74, 6) is -9.67. The van der Waals surface area contributed by atoms with Crippen LogP contribution in [0.2, 0.25) is 0 Å². The van der Waals surface area contributed by atoms with E-state index in [1.807, 2.05) is 0 Å². The molecule has 3 aliphatic rings. The van der Waals surface area contributed by atoms with E-state index in [9.17, 15) is 44.7 Å². The molecule has 3 aliphatic carbocycles. The first-order valence-electron chi connectivity index (χ1n) is 14.5. The lowest BCUT2D eigenvalue weighted by molar-refractivity contribution is -0.307. The number of amides is 1. The van der Waals surface area contributed by atoms with Crippen LogP contribution in [0.1, 0.15) is 72.4 Å². The number of nitrogens with two attached hydrogens (primary N) is 1. The topological polar surface area (TPSA) is 195 Å². The van der Waals surface area contributed by atoms with Crippen LogP contribution in [0.15, 0.2) is 42.5 Å². The van der Waals surface area contributed by atoms with Crippen molar-refractivity contribution >= 4 is 23.3 Å². The zero-order valence-corrected chi connectivity index (χ0v) is 24.8. The Balaban J connectivity index is 1.81. The highest BCUT2D eigenvalue weighted by molar-refractivity contribution is 6.09. The van der Waals surface area contributed by atoms with Crippen molar-refractivity contribution < 1.29 is 44.7 Å². The number of hydrogen-bond donors (Lipinski definition) is 6. The van der Waals surface area contributed by atoms with Crippen LogP contribution in [0, 0.1) is 34.5 Å². The summed E-state index contributed by atoms with van der Waals surface area (Å²) in [6.07, 6.45) is -5.36. The Kier molecular flexibility index (Phi) is 7.25. The number of ketones is 3. The number of fused-ring (bicyclic) bond motifs is 3. The zero-order chi connectivity index (χ0) is 32.0. The van der Waals surface area contributed by atoms with E-state index in [1.165, 1.54) is 19.9 Å². The molecule has 2 saturated carbocycles. The SMILES string of the molecule is CC(=O)c1cccc(C[C@@H]2c3cccc(O)c3C(=O)[C@@H]3C(O)[C@@]4(O)C(=O)[C@H](C(N)=O)C(O)[C@H](C(C)C)[C@@]4(C)[C@H](O)[C@@]23C)c1. The Morgan fingerprint density at radius 2 is 1.65 bits per heavy atom. The molecule has 0 bridgehead atoms. The molecule has 2 fully saturated rings. The maximum Gasteiger partial charge on any atom is 0.230 e. The van der Waals surface area contributed by atoms with Gasteiger partial charge in [-0.2, -0.15) is 0 Å². The van der Waals surface area contributed by atoms with Gasteiger partial charge in [-0.05, 0) is 54.4 Å². The Bertz CT molecular complexity index is 1540. The van der Waals surface area contributed by atoms with E-state index in [4.69, 9.17) is 5.73 Å². The zero-order valence-electron chi connectivity index (χ0n) is 24.8. The number of aliphatic hydroxyl groups excluding tert-OH is 3. The second kappa shape index (κ2) is 10.1. The van der Waals surface area contributed by atoms with Crippen LogP contribution in [0.5, 0.6) is 5.75 Å². The largest absolute Gasteiger partial charge is 0.507 e. The number of phenols is 1. The number of benzene rings is 2. The summed E-state index contributed by atoms with van der Waals surface area (Å²) in [5.41, 5.74) is 0.564. The van der Waals surface area contributed by atoms with Gasteiger partial charge in [0.15, 0.2) is 23.0 Å². The Labute approximate surface area is 249 Å². The van der Waals surface area contributed by atoms with E-state index in [0.717, 1.165) is 0 Å². The number of aromatic hydroxyl groups is 1. The molecule has 10 heteroatoms. The fraction of sp³-hybridized carbons (Fsp3) is 0.515. The summed E-state index contributed by atoms with van der Waals surface area (Å²) in [4.78, 5) is 52.8. The Hall–Kier alpha value is -3.44. The summed E-state index contributed by atoms with van der Waals surface area (Å²) in [7, 11) is 0. The summed E-state index contributed by atoms with van der Waals surface area (Å²) in [6, 6.07) is 11.4. The van der Waals surface area contributed by atoms with Gasteiger partial charge >= 0.3 is 0 Å². The fourth-order valence-corrected chi connectivity index (χ4v) is 9.03. The monoisotopic (exact) mass is 593 g/mol. The number of phenolic OH excluding ortho intramolecular Hbond substituents is 1. The third-order valence-corrected chi connectivity index (χ3v) is 11.0. The quantitative estimate of drug-likeness (QED) is 0.220. The fourth-order valence-electron chi connectivity index (χ4n) is 9.03. The molecule has 10 atom stereocenters. The predicted octanol–water partition coefficient (Wildman–Crippen LogP) is 1.53. The van der Waals surface area contributed by atoms with E-state index < -0.39 is 81.8 Å². The third kappa shape index (κ3) is 3.86. The van der Waals surface area contributed by atoms with Crippen molar-refractivity contribution in [2.24, 2.45) is 40.2 Å². The first-order chi connectivity index (χ1) is 20.0. The van der Waals surface area contributed by atoms with E-state index >= 15 is 0 Å². The molecule has 0 heterocycles. The maximum absolute atomic E-state index is 14.3. The highest BCUT2D eigenvalue weighted by atomic mass is 16.4. The van der Waals surface area contributed by atoms with Crippen LogP contribution in [-0.4, -0.2) is 72.7 Å². The second-order valence-electron chi connectivity index (χ2n) is 13.4. The molecule has 0 radical (unpaired) electrons. The summed E-state index contributed by atoms with van der Waals surface area (Å²) in [5, 5.41) is 59.3. The lowest BCUT2D eigenvalue weighted by atomic mass is 9.36. The van der Waals surface area contributed by atoms with Crippen molar-refractivity contribution in [1.82, 2.24) is 0 Å². The highest BCUT2D eigenvalue weighted by Gasteiger charge is 2.80. The minimum Gasteiger partial charge on any atom is -0.507 e. The van der Waals surface area contributed by atoms with E-state index in [0.29, 0.717) is 16.7 Å². The third-order valence-electron chi connectivity index (χ3n) is 11.0. The molecule has 7 N–H and O–H groups in total. The normalized spacial score (nSPS) is 38.7. The van der Waals surface area contributed by atoms with Gasteiger partial charge in [-0.1, -0.05) is 58.0 Å². The van der Waals surface area contributed by atoms with Crippen molar-refractivity contribution in [3.05, 3.63) is 64.7 Å². The summed E-state index contributed by atoms with van der Waals surface area (Å²) >= 11 is 0. The van der Waals surface area contributed by atoms with Gasteiger partial charge in [0.25, 0.3) is 0 Å². The molecule has 2 aromatic carbocycles. The van der Waals surface area contributed by atoms with Gasteiger partial charge in [-0.15, -0.1) is 0 Å². The molecule has 2 unspecified atom stereocenters. The van der Waals surface area contributed by atoms with Gasteiger partial charge in [0.05, 0.1) is 23.7 Å². The van der Waals surface area contributed by atoms with Crippen LogP contribution < -0.4 is 5.73 Å². The number of hydrogen-bond acceptors (Lipinski definition) is 9. The number of carbonyl (C=O) groups is 4. The van der Waals surface area contributed by atoms with Crippen molar-refractivity contribution in [1.29, 1.82) is 0 Å². The molecule has 230 valence electrons. The van der Waals surface area contributed by atoms with Crippen molar-refractivity contribution in [3.8, 4) is 5.75 Å². The molecule has 0 aromatic heterocycles. The smallest absolute Gasteiger partial charge is 0.230 e. The summed E-state index contributed by atoms with van der Waals surface area (Å²) < 4.78 is 0. The predicted molar refractivity (Wildman–Crippen MR) is 154 cm³/mol. The maximum atomic E-state index is 14.3. The second-order valence-corrected chi connectivity index (χ2v) is 13.4. The van der Waals surface area contributed by atoms with Gasteiger partial charge in [-0.3, -0.25) is 19.2 Å². The van der Waals surface area contributed by atoms with Crippen LogP contribution in [0.4, 0.5) is 0 Å². The molecule has 2 aromatic rings. The standard InChI is InChI=1S/C33H39NO9/c1-14(2)23-26(38)22(29(34)41)27(39)33(43)28(40)24-25(37)21-18(10-7-11-20(21)36)19(31(24,4)30(42)32(23,33)5)13-16-8-6-9-17(12-16)15(3)35/h6-12,14,19,22-24,26,28,30,36,38,40,42-43H,13H2,1-5H3,(H2,34,41)/t19-,22-,23+,24-,26?,28?,30-,31+,32+,33+/m1/s1. The molecular weight excluding hydrogens is 554 g/mol. The number of aliphatic hydroxyl groups is 4. The molecule has 5 rings (SSSR count). The van der Waals surface area contributed by atoms with Gasteiger partial charge in [0.2, 0.25) is 5.91 Å². The minimum absolute atomic E-state index is 0.105. The molecule has 0 saturated heterocycles. The van der Waals surface area contributed by atoms with Crippen molar-refractivity contribution in [2.45, 2.75) is 70.9 Å². The lowest BCUT2D eigenvalue weighted by Gasteiger charge is -2.69. The van der Waals surface area contributed by atoms with Gasteiger partial charge in [0.1, 0.15) is 17.8 Å². The lowest BCUT2D eigenvalue weighted by Crippen LogP contribution is -2.83.